The van der Waals surface area contributed by atoms with Gasteiger partial charge in [-0.1, -0.05) is 24.3 Å². The van der Waals surface area contributed by atoms with Gasteiger partial charge in [0.15, 0.2) is 0 Å². The Bertz CT molecular complexity index is 474. The van der Waals surface area contributed by atoms with E-state index in [1.54, 1.807) is 0 Å². The lowest BCUT2D eigenvalue weighted by atomic mass is 10.0. The highest BCUT2D eigenvalue weighted by Crippen LogP contribution is 2.40. The number of rotatable bonds is 4. The number of carboxylic acid groups (broad SMARTS) is 1. The summed E-state index contributed by atoms with van der Waals surface area (Å²) >= 11 is 0. The van der Waals surface area contributed by atoms with Crippen LogP contribution in [-0.4, -0.2) is 54.1 Å². The first-order chi connectivity index (χ1) is 9.65. The van der Waals surface area contributed by atoms with Gasteiger partial charge >= 0.3 is 5.97 Å². The molecule has 20 heavy (non-hydrogen) atoms. The van der Waals surface area contributed by atoms with Crippen molar-refractivity contribution in [3.63, 3.8) is 0 Å². The topological polar surface area (TPSA) is 43.8 Å². The molecule has 4 heteroatoms. The van der Waals surface area contributed by atoms with Crippen LogP contribution in [0.5, 0.6) is 0 Å². The number of nitrogens with zero attached hydrogens (tertiary/aromatic N) is 2. The molecule has 4 nitrogen and oxygen atoms in total. The van der Waals surface area contributed by atoms with Crippen LogP contribution in [0.25, 0.3) is 0 Å². The molecule has 1 aliphatic carbocycles. The van der Waals surface area contributed by atoms with E-state index in [2.05, 4.69) is 29.0 Å². The zero-order valence-corrected chi connectivity index (χ0v) is 12.0. The molecule has 0 amide bonds. The molecule has 2 aliphatic rings. The minimum absolute atomic E-state index is 0.503. The molecule has 1 saturated heterocycles. The third-order valence-electron chi connectivity index (χ3n) is 4.44. The molecule has 2 fully saturated rings. The Morgan fingerprint density at radius 2 is 1.75 bits per heavy atom. The Hall–Kier alpha value is -1.39. The molecule has 1 aromatic rings. The predicted octanol–water partition coefficient (Wildman–Crippen LogP) is 1.94. The third-order valence-corrected chi connectivity index (χ3v) is 4.44. The summed E-state index contributed by atoms with van der Waals surface area (Å²) in [6, 6.07) is 7.73. The van der Waals surface area contributed by atoms with Crippen molar-refractivity contribution in [2.24, 2.45) is 0 Å². The van der Waals surface area contributed by atoms with E-state index in [9.17, 15) is 9.90 Å². The number of likely N-dealkylation sites (N-methyl/N-ethyl adjacent to an activating group) is 1. The number of carboxylic acids is 1. The van der Waals surface area contributed by atoms with Gasteiger partial charge in [-0.2, -0.15) is 0 Å². The predicted molar refractivity (Wildman–Crippen MR) is 77.9 cm³/mol. The van der Waals surface area contributed by atoms with Crippen molar-refractivity contribution in [3.05, 3.63) is 35.4 Å². The van der Waals surface area contributed by atoms with Crippen molar-refractivity contribution >= 4 is 5.97 Å². The summed E-state index contributed by atoms with van der Waals surface area (Å²) < 4.78 is 0. The fourth-order valence-electron chi connectivity index (χ4n) is 2.96. The number of piperazine rings is 1. The second-order valence-electron chi connectivity index (χ2n) is 6.02. The van der Waals surface area contributed by atoms with Gasteiger partial charge in [-0.25, -0.2) is 0 Å². The van der Waals surface area contributed by atoms with Crippen molar-refractivity contribution in [1.82, 2.24) is 9.80 Å². The summed E-state index contributed by atoms with van der Waals surface area (Å²) in [5.74, 6) is -0.0234. The smallest absolute Gasteiger partial charge is 0.325 e. The summed E-state index contributed by atoms with van der Waals surface area (Å²) in [7, 11) is 2.08. The molecule has 0 spiro atoms. The molecular weight excluding hydrogens is 252 g/mol. The van der Waals surface area contributed by atoms with E-state index in [1.165, 1.54) is 18.4 Å². The molecule has 1 unspecified atom stereocenters. The van der Waals surface area contributed by atoms with Crippen LogP contribution in [0.1, 0.15) is 35.9 Å². The van der Waals surface area contributed by atoms with Gasteiger partial charge in [-0.15, -0.1) is 0 Å². The van der Waals surface area contributed by atoms with E-state index in [0.29, 0.717) is 0 Å². The average molecular weight is 274 g/mol. The fraction of sp³-hybridized carbons (Fsp3) is 0.562. The molecular formula is C16H22N2O2. The Morgan fingerprint density at radius 1 is 1.15 bits per heavy atom. The first-order valence-corrected chi connectivity index (χ1v) is 7.40. The van der Waals surface area contributed by atoms with Crippen LogP contribution in [0.15, 0.2) is 24.3 Å². The molecule has 1 aliphatic heterocycles. The van der Waals surface area contributed by atoms with Crippen LogP contribution in [0, 0.1) is 0 Å². The van der Waals surface area contributed by atoms with Gasteiger partial charge in [-0.3, -0.25) is 9.69 Å². The number of carbonyl (C=O) groups is 1. The van der Waals surface area contributed by atoms with E-state index in [0.717, 1.165) is 37.7 Å². The molecule has 1 heterocycles. The van der Waals surface area contributed by atoms with Gasteiger partial charge in [0.1, 0.15) is 6.04 Å². The number of hydrogen-bond donors (Lipinski definition) is 1. The number of benzene rings is 1. The van der Waals surface area contributed by atoms with E-state index in [1.807, 2.05) is 12.1 Å². The molecule has 1 atom stereocenters. The summed E-state index contributed by atoms with van der Waals surface area (Å²) in [4.78, 5) is 16.0. The second kappa shape index (κ2) is 5.54. The van der Waals surface area contributed by atoms with Crippen LogP contribution >= 0.6 is 0 Å². The van der Waals surface area contributed by atoms with Crippen molar-refractivity contribution in [2.75, 3.05) is 33.2 Å². The third kappa shape index (κ3) is 2.86. The molecule has 3 rings (SSSR count). The monoisotopic (exact) mass is 274 g/mol. The minimum Gasteiger partial charge on any atom is -0.480 e. The maximum atomic E-state index is 11.7. The number of hydrogen-bond acceptors (Lipinski definition) is 3. The van der Waals surface area contributed by atoms with E-state index < -0.39 is 12.0 Å². The maximum Gasteiger partial charge on any atom is 0.325 e. The Labute approximate surface area is 120 Å². The van der Waals surface area contributed by atoms with Crippen LogP contribution in [0.2, 0.25) is 0 Å². The van der Waals surface area contributed by atoms with Crippen molar-refractivity contribution in [1.29, 1.82) is 0 Å². The zero-order valence-electron chi connectivity index (χ0n) is 12.0. The van der Waals surface area contributed by atoms with Crippen molar-refractivity contribution in [2.45, 2.75) is 24.8 Å². The summed E-state index contributed by atoms with van der Waals surface area (Å²) in [5, 5.41) is 9.58. The molecule has 0 aromatic heterocycles. The van der Waals surface area contributed by atoms with Crippen molar-refractivity contribution < 1.29 is 9.90 Å². The summed E-state index contributed by atoms with van der Waals surface area (Å²) in [6.45, 7) is 3.50. The van der Waals surface area contributed by atoms with Crippen LogP contribution < -0.4 is 0 Å². The quantitative estimate of drug-likeness (QED) is 0.911. The van der Waals surface area contributed by atoms with E-state index in [-0.39, 0.29) is 0 Å². The first kappa shape index (κ1) is 13.6. The molecule has 0 bridgehead atoms. The van der Waals surface area contributed by atoms with Gasteiger partial charge in [0.05, 0.1) is 0 Å². The Balaban J connectivity index is 1.77. The van der Waals surface area contributed by atoms with E-state index >= 15 is 0 Å². The highest BCUT2D eigenvalue weighted by molar-refractivity contribution is 5.75. The summed E-state index contributed by atoms with van der Waals surface area (Å²) in [6.07, 6.45) is 2.56. The Kier molecular flexibility index (Phi) is 3.76. The lowest BCUT2D eigenvalue weighted by molar-refractivity contribution is -0.144. The molecule has 1 N–H and O–H groups in total. The molecule has 108 valence electrons. The Morgan fingerprint density at radius 3 is 2.25 bits per heavy atom. The van der Waals surface area contributed by atoms with Crippen molar-refractivity contribution in [3.8, 4) is 0 Å². The van der Waals surface area contributed by atoms with Crippen LogP contribution in [0.3, 0.4) is 0 Å². The van der Waals surface area contributed by atoms with Gasteiger partial charge in [0.2, 0.25) is 0 Å². The standard InChI is InChI=1S/C16H22N2O2/c1-17-8-10-18(11-9-17)15(16(19)20)14-6-4-13(5-7-14)12-2-3-12/h4-7,12,15H,2-3,8-11H2,1H3,(H,19,20). The SMILES string of the molecule is CN1CCN(C(C(=O)O)c2ccc(C3CC3)cc2)CC1. The van der Waals surface area contributed by atoms with Gasteiger partial charge in [0, 0.05) is 26.2 Å². The largest absolute Gasteiger partial charge is 0.480 e. The summed E-state index contributed by atoms with van der Waals surface area (Å²) in [5.41, 5.74) is 2.27. The van der Waals surface area contributed by atoms with Crippen LogP contribution in [-0.2, 0) is 4.79 Å². The molecule has 1 aromatic carbocycles. The molecule has 0 radical (unpaired) electrons. The van der Waals surface area contributed by atoms with Gasteiger partial charge < -0.3 is 10.0 Å². The highest BCUT2D eigenvalue weighted by atomic mass is 16.4. The highest BCUT2D eigenvalue weighted by Gasteiger charge is 2.30. The van der Waals surface area contributed by atoms with Crippen LogP contribution in [0.4, 0.5) is 0 Å². The minimum atomic E-state index is -0.742. The lowest BCUT2D eigenvalue weighted by Crippen LogP contribution is -2.47. The second-order valence-corrected chi connectivity index (χ2v) is 6.02. The van der Waals surface area contributed by atoms with Gasteiger partial charge in [-0.05, 0) is 36.9 Å². The number of aliphatic carboxylic acids is 1. The first-order valence-electron chi connectivity index (χ1n) is 7.40. The average Bonchev–Trinajstić information content (AvgIpc) is 3.26. The zero-order chi connectivity index (χ0) is 14.1. The maximum absolute atomic E-state index is 11.7. The van der Waals surface area contributed by atoms with Gasteiger partial charge in [0.25, 0.3) is 0 Å². The lowest BCUT2D eigenvalue weighted by Gasteiger charge is -2.36. The molecule has 1 saturated carbocycles. The normalized spacial score (nSPS) is 22.6. The fourth-order valence-corrected chi connectivity index (χ4v) is 2.96. The van der Waals surface area contributed by atoms with E-state index in [4.69, 9.17) is 0 Å².